The van der Waals surface area contributed by atoms with Crippen molar-refractivity contribution >= 4 is 18.9 Å². The number of aromatic nitrogens is 1. The van der Waals surface area contributed by atoms with Gasteiger partial charge in [0, 0.05) is 22.7 Å². The quantitative estimate of drug-likeness (QED) is 0.124. The average molecular weight is 532 g/mol. The topological polar surface area (TPSA) is 3.88 Å². The van der Waals surface area contributed by atoms with Gasteiger partial charge in [0.1, 0.15) is 0 Å². The Balaban J connectivity index is 0.000000540. The Morgan fingerprint density at radius 2 is 1.08 bits per heavy atom. The van der Waals surface area contributed by atoms with Crippen molar-refractivity contribution in [2.75, 3.05) is 0 Å². The minimum Gasteiger partial charge on any atom is -0.418 e. The second kappa shape index (κ2) is 10.8. The number of hydrogen-bond donors (Lipinski definition) is 0. The lowest BCUT2D eigenvalue weighted by Gasteiger charge is -2.26. The molecular formula is C31H23BClF4N. The molecule has 1 nitrogen and oxygen atoms in total. The molecule has 0 fully saturated rings. The summed E-state index contributed by atoms with van der Waals surface area (Å²) in [6, 6.07) is 43.0. The third kappa shape index (κ3) is 5.66. The Hall–Kier alpha value is -3.90. The van der Waals surface area contributed by atoms with Gasteiger partial charge in [0.05, 0.1) is 11.5 Å². The zero-order chi connectivity index (χ0) is 26.7. The zero-order valence-corrected chi connectivity index (χ0v) is 21.0. The fourth-order valence-electron chi connectivity index (χ4n) is 5.03. The predicted octanol–water partition coefficient (Wildman–Crippen LogP) is 9.07. The minimum absolute atomic E-state index is 0.192. The first-order valence-electron chi connectivity index (χ1n) is 12.2. The lowest BCUT2D eigenvalue weighted by atomic mass is 9.83. The predicted molar refractivity (Wildman–Crippen MR) is 146 cm³/mol. The molecule has 1 aromatic heterocycles. The lowest BCUT2D eigenvalue weighted by molar-refractivity contribution is -0.679. The Morgan fingerprint density at radius 1 is 0.579 bits per heavy atom. The number of nitrogens with zero attached hydrogens (tertiary/aromatic N) is 1. The number of halogens is 5. The van der Waals surface area contributed by atoms with Crippen molar-refractivity contribution in [3.8, 4) is 33.6 Å². The van der Waals surface area contributed by atoms with E-state index < -0.39 is 7.25 Å². The van der Waals surface area contributed by atoms with Crippen LogP contribution in [0, 0.1) is 0 Å². The molecule has 0 spiro atoms. The summed E-state index contributed by atoms with van der Waals surface area (Å²) in [4.78, 5) is 0. The third-order valence-electron chi connectivity index (χ3n) is 6.60. The molecule has 6 rings (SSSR count). The van der Waals surface area contributed by atoms with Gasteiger partial charge in [-0.25, -0.2) is 0 Å². The van der Waals surface area contributed by atoms with Gasteiger partial charge in [0.25, 0.3) is 0 Å². The van der Waals surface area contributed by atoms with Crippen LogP contribution in [0.15, 0.2) is 121 Å². The summed E-state index contributed by atoms with van der Waals surface area (Å²) in [5.41, 5.74) is 9.91. The summed E-state index contributed by atoms with van der Waals surface area (Å²) < 4.78 is 41.5. The van der Waals surface area contributed by atoms with Gasteiger partial charge in [0.15, 0.2) is 6.54 Å². The highest BCUT2D eigenvalue weighted by atomic mass is 35.5. The van der Waals surface area contributed by atoms with E-state index in [-0.39, 0.29) is 5.92 Å². The van der Waals surface area contributed by atoms with Crippen LogP contribution >= 0.6 is 11.6 Å². The molecule has 1 unspecified atom stereocenters. The summed E-state index contributed by atoms with van der Waals surface area (Å²) in [5.74, 6) is 0.192. The molecule has 0 bridgehead atoms. The van der Waals surface area contributed by atoms with Gasteiger partial charge in [-0.15, -0.1) is 0 Å². The molecule has 4 aromatic carbocycles. The fourth-order valence-corrected chi connectivity index (χ4v) is 5.29. The van der Waals surface area contributed by atoms with Gasteiger partial charge < -0.3 is 17.3 Å². The van der Waals surface area contributed by atoms with Gasteiger partial charge in [-0.3, -0.25) is 0 Å². The maximum atomic E-state index is 9.75. The van der Waals surface area contributed by atoms with Crippen molar-refractivity contribution < 1.29 is 21.8 Å². The highest BCUT2D eigenvalue weighted by molar-refractivity contribution is 6.50. The summed E-state index contributed by atoms with van der Waals surface area (Å²) in [5, 5.41) is 0.823. The van der Waals surface area contributed by atoms with Gasteiger partial charge in [-0.05, 0) is 46.5 Å². The van der Waals surface area contributed by atoms with Crippen molar-refractivity contribution in [2.45, 2.75) is 12.5 Å². The smallest absolute Gasteiger partial charge is 0.418 e. The largest absolute Gasteiger partial charge is 0.673 e. The summed E-state index contributed by atoms with van der Waals surface area (Å²) in [6.45, 7) is 0.843. The normalized spacial score (nSPS) is 14.1. The van der Waals surface area contributed by atoms with E-state index in [2.05, 4.69) is 114 Å². The van der Waals surface area contributed by atoms with Gasteiger partial charge in [0.2, 0.25) is 11.4 Å². The van der Waals surface area contributed by atoms with Crippen LogP contribution in [-0.2, 0) is 6.54 Å². The standard InChI is InChI=1S/C31H23ClN.BF4/c32-29-18-10-9-16-26(29)28-21-33-30(23-13-5-2-6-14-23)19-24(22-11-3-1-4-12-22)20-31(33)27-17-8-7-15-25(27)28;2-1(3,4)5/h1-20,28H,21H2;/q+1;-1. The molecule has 38 heavy (non-hydrogen) atoms. The van der Waals surface area contributed by atoms with E-state index in [4.69, 9.17) is 11.6 Å². The monoisotopic (exact) mass is 531 g/mol. The van der Waals surface area contributed by atoms with Crippen LogP contribution in [-0.4, -0.2) is 7.25 Å². The van der Waals surface area contributed by atoms with Crippen molar-refractivity contribution in [3.05, 3.63) is 137 Å². The molecule has 2 heterocycles. The van der Waals surface area contributed by atoms with Crippen LogP contribution < -0.4 is 4.57 Å². The number of pyridine rings is 1. The van der Waals surface area contributed by atoms with E-state index >= 15 is 0 Å². The summed E-state index contributed by atoms with van der Waals surface area (Å²) in [7, 11) is -6.00. The second-order valence-electron chi connectivity index (χ2n) is 9.01. The number of hydrogen-bond acceptors (Lipinski definition) is 0. The molecule has 190 valence electrons. The molecule has 0 amide bonds. The SMILES string of the molecule is Clc1ccccc1C1C[n+]2c(-c3ccccc3)cc(-c3ccccc3)cc2-c2ccccc21.F[B-](F)(F)F. The maximum absolute atomic E-state index is 9.75. The average Bonchev–Trinajstić information content (AvgIpc) is 2.92. The van der Waals surface area contributed by atoms with Crippen LogP contribution in [0.3, 0.4) is 0 Å². The fraction of sp³-hybridized carbons (Fsp3) is 0.0645. The second-order valence-corrected chi connectivity index (χ2v) is 9.42. The van der Waals surface area contributed by atoms with Crippen molar-refractivity contribution in [1.82, 2.24) is 0 Å². The van der Waals surface area contributed by atoms with Gasteiger partial charge in [-0.1, -0.05) is 96.5 Å². The van der Waals surface area contributed by atoms with Crippen LogP contribution in [0.2, 0.25) is 5.02 Å². The van der Waals surface area contributed by atoms with Crippen LogP contribution in [0.4, 0.5) is 17.3 Å². The lowest BCUT2D eigenvalue weighted by Crippen LogP contribution is -2.44. The van der Waals surface area contributed by atoms with Gasteiger partial charge in [-0.2, -0.15) is 4.57 Å². The van der Waals surface area contributed by atoms with E-state index in [1.54, 1.807) is 0 Å². The third-order valence-corrected chi connectivity index (χ3v) is 6.94. The highest BCUT2D eigenvalue weighted by Crippen LogP contribution is 2.41. The van der Waals surface area contributed by atoms with Crippen molar-refractivity contribution in [2.24, 2.45) is 0 Å². The molecule has 0 saturated heterocycles. The summed E-state index contributed by atoms with van der Waals surface area (Å²) in [6.07, 6.45) is 0. The molecule has 0 saturated carbocycles. The first-order chi connectivity index (χ1) is 18.3. The molecule has 5 aromatic rings. The van der Waals surface area contributed by atoms with E-state index in [0.29, 0.717) is 0 Å². The van der Waals surface area contributed by atoms with Crippen LogP contribution in [0.5, 0.6) is 0 Å². The Kier molecular flexibility index (Phi) is 7.34. The first kappa shape index (κ1) is 25.7. The molecule has 0 aliphatic carbocycles. The Morgan fingerprint density at radius 3 is 1.71 bits per heavy atom. The molecular weight excluding hydrogens is 509 g/mol. The van der Waals surface area contributed by atoms with E-state index in [0.717, 1.165) is 11.6 Å². The molecule has 1 aliphatic heterocycles. The minimum atomic E-state index is -6.00. The first-order valence-corrected chi connectivity index (χ1v) is 12.6. The Labute approximate surface area is 224 Å². The van der Waals surface area contributed by atoms with Crippen LogP contribution in [0.1, 0.15) is 17.0 Å². The number of fused-ring (bicyclic) bond motifs is 3. The maximum Gasteiger partial charge on any atom is 0.673 e. The van der Waals surface area contributed by atoms with Crippen molar-refractivity contribution in [1.29, 1.82) is 0 Å². The summed E-state index contributed by atoms with van der Waals surface area (Å²) >= 11 is 6.70. The highest BCUT2D eigenvalue weighted by Gasteiger charge is 2.35. The molecule has 1 atom stereocenters. The van der Waals surface area contributed by atoms with Gasteiger partial charge >= 0.3 is 7.25 Å². The van der Waals surface area contributed by atoms with Crippen LogP contribution in [0.25, 0.3) is 33.6 Å². The molecule has 1 aliphatic rings. The van der Waals surface area contributed by atoms with E-state index in [1.807, 2.05) is 12.1 Å². The number of rotatable bonds is 3. The molecule has 0 N–H and O–H groups in total. The Bertz CT molecular complexity index is 1530. The molecule has 0 radical (unpaired) electrons. The van der Waals surface area contributed by atoms with E-state index in [1.165, 1.54) is 44.8 Å². The number of benzene rings is 4. The molecule has 7 heteroatoms. The zero-order valence-electron chi connectivity index (χ0n) is 20.2. The van der Waals surface area contributed by atoms with Crippen molar-refractivity contribution in [3.63, 3.8) is 0 Å². The van der Waals surface area contributed by atoms with E-state index in [9.17, 15) is 17.3 Å².